The molecule has 1 aromatic heterocycles. The second-order valence-electron chi connectivity index (χ2n) is 7.27. The fraction of sp³-hybridized carbons (Fsp3) is 0.476. The summed E-state index contributed by atoms with van der Waals surface area (Å²) in [5.74, 6) is 2.35. The van der Waals surface area contributed by atoms with E-state index in [1.165, 1.54) is 18.6 Å². The number of hydrogen-bond acceptors (Lipinski definition) is 5. The summed E-state index contributed by atoms with van der Waals surface area (Å²) in [6, 6.07) is 10.3. The molecule has 156 valence electrons. The molecule has 0 spiro atoms. The van der Waals surface area contributed by atoms with Crippen LogP contribution in [0.5, 0.6) is 0 Å². The van der Waals surface area contributed by atoms with Crippen molar-refractivity contribution in [3.8, 4) is 0 Å². The predicted octanol–water partition coefficient (Wildman–Crippen LogP) is 3.86. The number of ether oxygens (including phenoxy) is 1. The van der Waals surface area contributed by atoms with E-state index in [1.807, 2.05) is 26.0 Å². The van der Waals surface area contributed by atoms with Gasteiger partial charge in [-0.1, -0.05) is 12.1 Å². The molecule has 0 saturated carbocycles. The molecule has 1 aliphatic rings. The predicted molar refractivity (Wildman–Crippen MR) is 111 cm³/mol. The Hall–Kier alpha value is -2.87. The van der Waals surface area contributed by atoms with E-state index in [0.29, 0.717) is 19.0 Å². The van der Waals surface area contributed by atoms with Crippen LogP contribution in [0.2, 0.25) is 0 Å². The number of nitrogens with one attached hydrogen (secondary N) is 2. The van der Waals surface area contributed by atoms with Crippen LogP contribution in [0.15, 0.2) is 45.8 Å². The summed E-state index contributed by atoms with van der Waals surface area (Å²) in [6.45, 7) is 5.81. The lowest BCUT2D eigenvalue weighted by Crippen LogP contribution is -2.43. The summed E-state index contributed by atoms with van der Waals surface area (Å²) in [5, 5.41) is 17.5. The molecule has 0 aliphatic carbocycles. The van der Waals surface area contributed by atoms with Gasteiger partial charge >= 0.3 is 0 Å². The number of furan rings is 1. The van der Waals surface area contributed by atoms with Crippen molar-refractivity contribution in [1.29, 1.82) is 0 Å². The lowest BCUT2D eigenvalue weighted by Gasteiger charge is -2.24. The molecule has 2 N–H and O–H groups in total. The fourth-order valence-corrected chi connectivity index (χ4v) is 3.19. The molecule has 8 nitrogen and oxygen atoms in total. The zero-order valence-electron chi connectivity index (χ0n) is 16.9. The van der Waals surface area contributed by atoms with Crippen LogP contribution in [0, 0.1) is 17.0 Å². The Kier molecular flexibility index (Phi) is 7.24. The average Bonchev–Trinajstić information content (AvgIpc) is 3.17. The lowest BCUT2D eigenvalue weighted by atomic mass is 10.1. The maximum absolute atomic E-state index is 10.8. The topological polar surface area (TPSA) is 102 Å². The smallest absolute Gasteiger partial charge is 0.269 e. The van der Waals surface area contributed by atoms with Gasteiger partial charge in [0, 0.05) is 25.3 Å². The van der Waals surface area contributed by atoms with Crippen molar-refractivity contribution < 1.29 is 14.1 Å². The monoisotopic (exact) mass is 400 g/mol. The third kappa shape index (κ3) is 6.32. The third-order valence-electron chi connectivity index (χ3n) is 4.88. The highest BCUT2D eigenvalue weighted by Gasteiger charge is 2.16. The van der Waals surface area contributed by atoms with E-state index < -0.39 is 4.92 Å². The minimum absolute atomic E-state index is 0.0564. The minimum atomic E-state index is -0.404. The molecule has 1 aliphatic heterocycles. The molecule has 2 unspecified atom stereocenters. The first-order chi connectivity index (χ1) is 14.0. The molecule has 1 saturated heterocycles. The molecule has 0 amide bonds. The highest BCUT2D eigenvalue weighted by molar-refractivity contribution is 5.80. The van der Waals surface area contributed by atoms with Crippen LogP contribution in [0.3, 0.4) is 0 Å². The number of guanidine groups is 1. The van der Waals surface area contributed by atoms with Crippen LogP contribution in [0.25, 0.3) is 0 Å². The van der Waals surface area contributed by atoms with E-state index in [0.717, 1.165) is 36.5 Å². The molecule has 29 heavy (non-hydrogen) atoms. The fourth-order valence-electron chi connectivity index (χ4n) is 3.19. The van der Waals surface area contributed by atoms with Crippen molar-refractivity contribution in [2.24, 2.45) is 4.99 Å². The number of nitro benzene ring substituents is 1. The number of nitro groups is 1. The molecule has 0 bridgehead atoms. The number of rotatable bonds is 7. The maximum atomic E-state index is 10.8. The van der Waals surface area contributed by atoms with Crippen LogP contribution in [-0.2, 0) is 11.3 Å². The summed E-state index contributed by atoms with van der Waals surface area (Å²) >= 11 is 0. The molecular formula is C21H28N4O4. The van der Waals surface area contributed by atoms with Gasteiger partial charge < -0.3 is 19.8 Å². The van der Waals surface area contributed by atoms with E-state index >= 15 is 0 Å². The Morgan fingerprint density at radius 1 is 1.28 bits per heavy atom. The summed E-state index contributed by atoms with van der Waals surface area (Å²) in [4.78, 5) is 15.1. The summed E-state index contributed by atoms with van der Waals surface area (Å²) in [6.07, 6.45) is 3.51. The van der Waals surface area contributed by atoms with E-state index in [4.69, 9.17) is 9.15 Å². The number of benzene rings is 1. The second-order valence-corrected chi connectivity index (χ2v) is 7.27. The zero-order valence-corrected chi connectivity index (χ0v) is 16.9. The first kappa shape index (κ1) is 20.9. The van der Waals surface area contributed by atoms with Gasteiger partial charge in [0.25, 0.3) is 5.69 Å². The SMILES string of the molecule is Cc1ccc(C(C)NC(=NCc2ccc([N+](=O)[O-])cc2)NCC2CCCCO2)o1. The van der Waals surface area contributed by atoms with Crippen molar-refractivity contribution in [2.75, 3.05) is 13.2 Å². The van der Waals surface area contributed by atoms with E-state index in [-0.39, 0.29) is 17.8 Å². The molecule has 8 heteroatoms. The Labute approximate surface area is 170 Å². The van der Waals surface area contributed by atoms with Crippen molar-refractivity contribution >= 4 is 11.6 Å². The van der Waals surface area contributed by atoms with Gasteiger partial charge in [-0.3, -0.25) is 10.1 Å². The molecular weight excluding hydrogens is 372 g/mol. The van der Waals surface area contributed by atoms with Crippen LogP contribution >= 0.6 is 0 Å². The van der Waals surface area contributed by atoms with Crippen LogP contribution in [-0.4, -0.2) is 30.1 Å². The summed E-state index contributed by atoms with van der Waals surface area (Å²) in [5.41, 5.74) is 0.970. The van der Waals surface area contributed by atoms with Crippen LogP contribution in [0.4, 0.5) is 5.69 Å². The quantitative estimate of drug-likeness (QED) is 0.317. The van der Waals surface area contributed by atoms with E-state index in [9.17, 15) is 10.1 Å². The number of hydrogen-bond donors (Lipinski definition) is 2. The van der Waals surface area contributed by atoms with Gasteiger partial charge in [0.2, 0.25) is 0 Å². The maximum Gasteiger partial charge on any atom is 0.269 e. The average molecular weight is 400 g/mol. The minimum Gasteiger partial charge on any atom is -0.464 e. The normalized spacial score (nSPS) is 18.3. The number of non-ortho nitro benzene ring substituents is 1. The van der Waals surface area contributed by atoms with Gasteiger partial charge in [-0.25, -0.2) is 4.99 Å². The molecule has 2 aromatic rings. The molecule has 2 atom stereocenters. The number of aryl methyl sites for hydroxylation is 1. The van der Waals surface area contributed by atoms with Gasteiger partial charge in [0.1, 0.15) is 11.5 Å². The summed E-state index contributed by atoms with van der Waals surface area (Å²) < 4.78 is 11.5. The number of aliphatic imine (C=N–C) groups is 1. The van der Waals surface area contributed by atoms with Gasteiger partial charge in [-0.2, -0.15) is 0 Å². The first-order valence-electron chi connectivity index (χ1n) is 9.97. The van der Waals surface area contributed by atoms with Crippen LogP contribution in [0.1, 0.15) is 49.3 Å². The van der Waals surface area contributed by atoms with Crippen molar-refractivity contribution in [3.63, 3.8) is 0 Å². The Morgan fingerprint density at radius 2 is 2.07 bits per heavy atom. The van der Waals surface area contributed by atoms with Crippen molar-refractivity contribution in [3.05, 3.63) is 63.6 Å². The Morgan fingerprint density at radius 3 is 2.69 bits per heavy atom. The zero-order chi connectivity index (χ0) is 20.6. The third-order valence-corrected chi connectivity index (χ3v) is 4.88. The van der Waals surface area contributed by atoms with Gasteiger partial charge in [0.15, 0.2) is 5.96 Å². The highest BCUT2D eigenvalue weighted by atomic mass is 16.6. The van der Waals surface area contributed by atoms with Gasteiger partial charge in [-0.05, 0) is 50.8 Å². The molecule has 3 rings (SSSR count). The van der Waals surface area contributed by atoms with Gasteiger partial charge in [-0.15, -0.1) is 0 Å². The van der Waals surface area contributed by atoms with Crippen molar-refractivity contribution in [2.45, 2.75) is 51.8 Å². The molecule has 2 heterocycles. The van der Waals surface area contributed by atoms with E-state index in [2.05, 4.69) is 15.6 Å². The second kappa shape index (κ2) is 10.1. The number of nitrogens with zero attached hydrogens (tertiary/aromatic N) is 2. The standard InChI is InChI=1S/C21H28N4O4/c1-15-6-11-20(29-15)16(2)24-21(23-14-19-5-3-4-12-28-19)22-13-17-7-9-18(10-8-17)25(26)27/h6-11,16,19H,3-5,12-14H2,1-2H3,(H2,22,23,24). The molecule has 0 radical (unpaired) electrons. The lowest BCUT2D eigenvalue weighted by molar-refractivity contribution is -0.384. The Bertz CT molecular complexity index is 825. The van der Waals surface area contributed by atoms with Crippen LogP contribution < -0.4 is 10.6 Å². The van der Waals surface area contributed by atoms with Gasteiger partial charge in [0.05, 0.1) is 23.6 Å². The van der Waals surface area contributed by atoms with Crippen molar-refractivity contribution in [1.82, 2.24) is 10.6 Å². The first-order valence-corrected chi connectivity index (χ1v) is 9.97. The van der Waals surface area contributed by atoms with E-state index in [1.54, 1.807) is 12.1 Å². The summed E-state index contributed by atoms with van der Waals surface area (Å²) in [7, 11) is 0. The molecule has 1 aromatic carbocycles. The molecule has 1 fully saturated rings. The largest absolute Gasteiger partial charge is 0.464 e. The Balaban J connectivity index is 1.66. The highest BCUT2D eigenvalue weighted by Crippen LogP contribution is 2.16.